The SMILES string of the molecule is CCCNCc1ccc(OCc2nc(C3CC3)no2)cc1. The molecule has 1 saturated carbocycles. The van der Waals surface area contributed by atoms with Crippen LogP contribution in [0.2, 0.25) is 0 Å². The lowest BCUT2D eigenvalue weighted by Gasteiger charge is -2.06. The van der Waals surface area contributed by atoms with Gasteiger partial charge >= 0.3 is 0 Å². The molecule has 0 spiro atoms. The van der Waals surface area contributed by atoms with Crippen LogP contribution in [0.1, 0.15) is 49.4 Å². The lowest BCUT2D eigenvalue weighted by molar-refractivity contribution is 0.242. The fourth-order valence-corrected chi connectivity index (χ4v) is 2.09. The molecule has 21 heavy (non-hydrogen) atoms. The van der Waals surface area contributed by atoms with E-state index in [4.69, 9.17) is 9.26 Å². The molecule has 0 bridgehead atoms. The summed E-state index contributed by atoms with van der Waals surface area (Å²) in [7, 11) is 0. The minimum absolute atomic E-state index is 0.327. The first-order valence-electron chi connectivity index (χ1n) is 7.60. The van der Waals surface area contributed by atoms with Gasteiger partial charge in [0.2, 0.25) is 0 Å². The molecule has 2 aromatic rings. The van der Waals surface area contributed by atoms with Crippen LogP contribution in [0.15, 0.2) is 28.8 Å². The summed E-state index contributed by atoms with van der Waals surface area (Å²) in [6, 6.07) is 8.09. The molecule has 1 fully saturated rings. The van der Waals surface area contributed by atoms with Crippen LogP contribution in [0.25, 0.3) is 0 Å². The monoisotopic (exact) mass is 287 g/mol. The number of hydrogen-bond donors (Lipinski definition) is 1. The number of hydrogen-bond acceptors (Lipinski definition) is 5. The number of rotatable bonds is 8. The molecule has 1 N–H and O–H groups in total. The van der Waals surface area contributed by atoms with Crippen LogP contribution in [0.4, 0.5) is 0 Å². The molecule has 1 aromatic carbocycles. The molecule has 112 valence electrons. The van der Waals surface area contributed by atoms with Gasteiger partial charge in [-0.3, -0.25) is 0 Å². The molecule has 0 atom stereocenters. The maximum absolute atomic E-state index is 5.67. The van der Waals surface area contributed by atoms with Crippen molar-refractivity contribution in [1.82, 2.24) is 15.5 Å². The second-order valence-electron chi connectivity index (χ2n) is 5.43. The Morgan fingerprint density at radius 1 is 1.29 bits per heavy atom. The van der Waals surface area contributed by atoms with Crippen molar-refractivity contribution < 1.29 is 9.26 Å². The van der Waals surface area contributed by atoms with Gasteiger partial charge < -0.3 is 14.6 Å². The normalized spacial score (nSPS) is 14.3. The van der Waals surface area contributed by atoms with Crippen LogP contribution in [0.5, 0.6) is 5.75 Å². The van der Waals surface area contributed by atoms with Crippen molar-refractivity contribution in [2.45, 2.75) is 45.3 Å². The van der Waals surface area contributed by atoms with Gasteiger partial charge in [0, 0.05) is 12.5 Å². The maximum Gasteiger partial charge on any atom is 0.264 e. The third-order valence-electron chi connectivity index (χ3n) is 3.47. The third kappa shape index (κ3) is 4.04. The van der Waals surface area contributed by atoms with Crippen LogP contribution in [0.3, 0.4) is 0 Å². The Labute approximate surface area is 124 Å². The number of aromatic nitrogens is 2. The molecule has 0 radical (unpaired) electrons. The molecule has 5 heteroatoms. The minimum Gasteiger partial charge on any atom is -0.484 e. The molecule has 1 heterocycles. The van der Waals surface area contributed by atoms with Gasteiger partial charge in [-0.05, 0) is 43.5 Å². The van der Waals surface area contributed by atoms with E-state index in [2.05, 4.69) is 34.5 Å². The van der Waals surface area contributed by atoms with Gasteiger partial charge in [-0.2, -0.15) is 4.98 Å². The molecular formula is C16H21N3O2. The summed E-state index contributed by atoms with van der Waals surface area (Å²) in [4.78, 5) is 4.34. The summed E-state index contributed by atoms with van der Waals surface area (Å²) in [5.74, 6) is 2.70. The summed E-state index contributed by atoms with van der Waals surface area (Å²) in [6.45, 7) is 4.42. The average molecular weight is 287 g/mol. The zero-order chi connectivity index (χ0) is 14.5. The van der Waals surface area contributed by atoms with Crippen molar-refractivity contribution in [3.05, 3.63) is 41.5 Å². The predicted octanol–water partition coefficient (Wildman–Crippen LogP) is 3.03. The lowest BCUT2D eigenvalue weighted by Crippen LogP contribution is -2.13. The van der Waals surface area contributed by atoms with Gasteiger partial charge in [0.1, 0.15) is 5.75 Å². The van der Waals surface area contributed by atoms with Crippen LogP contribution >= 0.6 is 0 Å². The van der Waals surface area contributed by atoms with E-state index in [0.717, 1.165) is 31.1 Å². The van der Waals surface area contributed by atoms with E-state index in [1.807, 2.05) is 12.1 Å². The quantitative estimate of drug-likeness (QED) is 0.756. The molecule has 1 aromatic heterocycles. The molecule has 0 unspecified atom stereocenters. The Bertz CT molecular complexity index is 561. The second kappa shape index (κ2) is 6.72. The minimum atomic E-state index is 0.327. The first-order valence-corrected chi connectivity index (χ1v) is 7.60. The van der Waals surface area contributed by atoms with Crippen molar-refractivity contribution in [2.75, 3.05) is 6.54 Å². The van der Waals surface area contributed by atoms with Crippen LogP contribution < -0.4 is 10.1 Å². The first kappa shape index (κ1) is 14.1. The van der Waals surface area contributed by atoms with E-state index in [1.54, 1.807) is 0 Å². The van der Waals surface area contributed by atoms with Crippen LogP contribution in [-0.2, 0) is 13.2 Å². The molecule has 3 rings (SSSR count). The Hall–Kier alpha value is -1.88. The van der Waals surface area contributed by atoms with E-state index in [1.165, 1.54) is 18.4 Å². The van der Waals surface area contributed by atoms with Crippen molar-refractivity contribution in [1.29, 1.82) is 0 Å². The van der Waals surface area contributed by atoms with Crippen molar-refractivity contribution in [3.63, 3.8) is 0 Å². The molecule has 5 nitrogen and oxygen atoms in total. The largest absolute Gasteiger partial charge is 0.484 e. The second-order valence-corrected chi connectivity index (χ2v) is 5.43. The van der Waals surface area contributed by atoms with E-state index in [0.29, 0.717) is 18.4 Å². The van der Waals surface area contributed by atoms with E-state index >= 15 is 0 Å². The Morgan fingerprint density at radius 3 is 2.81 bits per heavy atom. The molecule has 1 aliphatic carbocycles. The van der Waals surface area contributed by atoms with Gasteiger partial charge in [0.05, 0.1) is 0 Å². The van der Waals surface area contributed by atoms with Gasteiger partial charge in [-0.15, -0.1) is 0 Å². The average Bonchev–Trinajstić information content (AvgIpc) is 3.26. The molecule has 1 aliphatic rings. The fraction of sp³-hybridized carbons (Fsp3) is 0.500. The highest BCUT2D eigenvalue weighted by atomic mass is 16.5. The highest BCUT2D eigenvalue weighted by Crippen LogP contribution is 2.38. The van der Waals surface area contributed by atoms with Gasteiger partial charge in [-0.1, -0.05) is 24.2 Å². The van der Waals surface area contributed by atoms with Gasteiger partial charge in [0.25, 0.3) is 5.89 Å². The van der Waals surface area contributed by atoms with E-state index in [-0.39, 0.29) is 0 Å². The summed E-state index contributed by atoms with van der Waals surface area (Å²) >= 11 is 0. The van der Waals surface area contributed by atoms with Crippen molar-refractivity contribution >= 4 is 0 Å². The molecular weight excluding hydrogens is 266 g/mol. The third-order valence-corrected chi connectivity index (χ3v) is 3.47. The topological polar surface area (TPSA) is 60.2 Å². The Kier molecular flexibility index (Phi) is 4.50. The molecule has 0 saturated heterocycles. The number of ether oxygens (including phenoxy) is 1. The smallest absolute Gasteiger partial charge is 0.264 e. The van der Waals surface area contributed by atoms with E-state index < -0.39 is 0 Å². The van der Waals surface area contributed by atoms with Crippen molar-refractivity contribution in [3.8, 4) is 5.75 Å². The van der Waals surface area contributed by atoms with Crippen LogP contribution in [0, 0.1) is 0 Å². The van der Waals surface area contributed by atoms with Crippen molar-refractivity contribution in [2.24, 2.45) is 0 Å². The summed E-state index contributed by atoms with van der Waals surface area (Å²) in [5.41, 5.74) is 1.25. The highest BCUT2D eigenvalue weighted by molar-refractivity contribution is 5.27. The molecule has 0 aliphatic heterocycles. The lowest BCUT2D eigenvalue weighted by atomic mass is 10.2. The van der Waals surface area contributed by atoms with Gasteiger partial charge in [-0.25, -0.2) is 0 Å². The standard InChI is InChI=1S/C16H21N3O2/c1-2-9-17-10-12-3-7-14(8-4-12)20-11-15-18-16(19-21-15)13-5-6-13/h3-4,7-8,13,17H,2,5-6,9-11H2,1H3. The zero-order valence-electron chi connectivity index (χ0n) is 12.3. The number of nitrogens with zero attached hydrogens (tertiary/aromatic N) is 2. The maximum atomic E-state index is 5.67. The first-order chi connectivity index (χ1) is 10.3. The number of nitrogens with one attached hydrogen (secondary N) is 1. The summed E-state index contributed by atoms with van der Waals surface area (Å²) in [5, 5.41) is 7.35. The predicted molar refractivity (Wildman–Crippen MR) is 79.0 cm³/mol. The Morgan fingerprint density at radius 2 is 2.10 bits per heavy atom. The Balaban J connectivity index is 1.47. The summed E-state index contributed by atoms with van der Waals surface area (Å²) < 4.78 is 10.9. The fourth-order valence-electron chi connectivity index (χ4n) is 2.09. The van der Waals surface area contributed by atoms with Crippen LogP contribution in [-0.4, -0.2) is 16.7 Å². The highest BCUT2D eigenvalue weighted by Gasteiger charge is 2.28. The summed E-state index contributed by atoms with van der Waals surface area (Å²) in [6.07, 6.45) is 3.49. The van der Waals surface area contributed by atoms with E-state index in [9.17, 15) is 0 Å². The molecule has 0 amide bonds. The van der Waals surface area contributed by atoms with Gasteiger partial charge in [0.15, 0.2) is 12.4 Å². The zero-order valence-corrected chi connectivity index (χ0v) is 12.3. The number of benzene rings is 1.